The Balaban J connectivity index is 1.65. The number of amides is 1. The maximum absolute atomic E-state index is 11.9. The lowest BCUT2D eigenvalue weighted by atomic mass is 10.1. The molecule has 134 valence electrons. The van der Waals surface area contributed by atoms with Crippen LogP contribution in [0.15, 0.2) is 35.8 Å². The molecule has 0 aliphatic rings. The van der Waals surface area contributed by atoms with Gasteiger partial charge in [-0.15, -0.1) is 11.3 Å². The molecule has 0 bridgehead atoms. The summed E-state index contributed by atoms with van der Waals surface area (Å²) in [6.07, 6.45) is 1.62. The molecule has 0 atom stereocenters. The number of hydrogen-bond acceptors (Lipinski definition) is 7. The first-order chi connectivity index (χ1) is 12.5. The monoisotopic (exact) mass is 369 g/mol. The number of ether oxygens (including phenoxy) is 1. The Labute approximate surface area is 155 Å². The fraction of sp³-hybridized carbons (Fsp3) is 0.222. The fourth-order valence-corrected chi connectivity index (χ4v) is 2.74. The van der Waals surface area contributed by atoms with Gasteiger partial charge in [-0.3, -0.25) is 10.1 Å². The van der Waals surface area contributed by atoms with Gasteiger partial charge < -0.3 is 10.1 Å². The van der Waals surface area contributed by atoms with E-state index in [1.807, 2.05) is 32.0 Å². The summed E-state index contributed by atoms with van der Waals surface area (Å²) >= 11 is 1.35. The summed E-state index contributed by atoms with van der Waals surface area (Å²) in [5.41, 5.74) is 4.03. The molecule has 0 radical (unpaired) electrons. The van der Waals surface area contributed by atoms with Crippen LogP contribution in [0.25, 0.3) is 0 Å². The lowest BCUT2D eigenvalue weighted by Crippen LogP contribution is -2.20. The number of thiazole rings is 1. The molecule has 1 amide bonds. The summed E-state index contributed by atoms with van der Waals surface area (Å²) < 4.78 is 5.49. The largest absolute Gasteiger partial charge is 0.467 e. The third-order valence-electron chi connectivity index (χ3n) is 3.62. The summed E-state index contributed by atoms with van der Waals surface area (Å²) in [4.78, 5) is 24.6. The van der Waals surface area contributed by atoms with Gasteiger partial charge >= 0.3 is 0 Å². The van der Waals surface area contributed by atoms with Crippen LogP contribution < -0.4 is 15.4 Å². The number of aryl methyl sites for hydroxylation is 3. The zero-order valence-corrected chi connectivity index (χ0v) is 15.6. The van der Waals surface area contributed by atoms with Gasteiger partial charge in [0.05, 0.1) is 0 Å². The number of aromatic nitrogens is 3. The molecule has 0 spiro atoms. The van der Waals surface area contributed by atoms with Crippen LogP contribution in [0.5, 0.6) is 5.88 Å². The second-order valence-corrected chi connectivity index (χ2v) is 6.66. The Hall–Kier alpha value is -3.00. The first-order valence-electron chi connectivity index (χ1n) is 8.02. The maximum Gasteiger partial charge on any atom is 0.264 e. The third kappa shape index (κ3) is 4.76. The van der Waals surface area contributed by atoms with Gasteiger partial charge in [0.25, 0.3) is 5.91 Å². The van der Waals surface area contributed by atoms with Gasteiger partial charge in [-0.1, -0.05) is 6.07 Å². The van der Waals surface area contributed by atoms with Crippen molar-refractivity contribution < 1.29 is 9.53 Å². The minimum Gasteiger partial charge on any atom is -0.467 e. The quantitative estimate of drug-likeness (QED) is 0.690. The Kier molecular flexibility index (Phi) is 5.43. The Morgan fingerprint density at radius 1 is 1.15 bits per heavy atom. The smallest absolute Gasteiger partial charge is 0.264 e. The summed E-state index contributed by atoms with van der Waals surface area (Å²) in [5.74, 6) is 0.460. The highest BCUT2D eigenvalue weighted by Crippen LogP contribution is 2.19. The molecular weight excluding hydrogens is 350 g/mol. The minimum atomic E-state index is -0.292. The van der Waals surface area contributed by atoms with Crippen molar-refractivity contribution in [1.82, 2.24) is 15.0 Å². The van der Waals surface area contributed by atoms with E-state index in [-0.39, 0.29) is 12.5 Å². The average Bonchev–Trinajstić information content (AvgIpc) is 3.09. The summed E-state index contributed by atoms with van der Waals surface area (Å²) in [6.45, 7) is 5.80. The van der Waals surface area contributed by atoms with Crippen LogP contribution in [0.2, 0.25) is 0 Å². The van der Waals surface area contributed by atoms with Crippen LogP contribution in [0.3, 0.4) is 0 Å². The highest BCUT2D eigenvalue weighted by molar-refractivity contribution is 7.13. The van der Waals surface area contributed by atoms with Crippen molar-refractivity contribution in [3.05, 3.63) is 52.7 Å². The zero-order valence-electron chi connectivity index (χ0n) is 14.7. The SMILES string of the molecule is Cc1cc(OCC(=O)Nc2nccs2)nc(Nc2ccc(C)c(C)c2)n1. The van der Waals surface area contributed by atoms with E-state index in [4.69, 9.17) is 4.74 Å². The van der Waals surface area contributed by atoms with Gasteiger partial charge in [-0.05, 0) is 44.0 Å². The second kappa shape index (κ2) is 7.92. The second-order valence-electron chi connectivity index (χ2n) is 5.77. The predicted octanol–water partition coefficient (Wildman–Crippen LogP) is 3.62. The van der Waals surface area contributed by atoms with Gasteiger partial charge in [0.1, 0.15) is 0 Å². The number of nitrogens with zero attached hydrogens (tertiary/aromatic N) is 3. The van der Waals surface area contributed by atoms with Crippen LogP contribution >= 0.6 is 11.3 Å². The lowest BCUT2D eigenvalue weighted by molar-refractivity contribution is -0.118. The molecule has 0 aliphatic heterocycles. The molecule has 2 heterocycles. The summed E-state index contributed by atoms with van der Waals surface area (Å²) in [5, 5.41) is 8.15. The van der Waals surface area contributed by atoms with Crippen molar-refractivity contribution in [3.8, 4) is 5.88 Å². The topological polar surface area (TPSA) is 89.0 Å². The first-order valence-corrected chi connectivity index (χ1v) is 8.89. The first kappa shape index (κ1) is 17.8. The van der Waals surface area contributed by atoms with Gasteiger partial charge in [0.15, 0.2) is 11.7 Å². The van der Waals surface area contributed by atoms with Crippen molar-refractivity contribution in [3.63, 3.8) is 0 Å². The number of rotatable bonds is 6. The fourth-order valence-electron chi connectivity index (χ4n) is 2.20. The van der Waals surface area contributed by atoms with Crippen molar-refractivity contribution in [2.75, 3.05) is 17.2 Å². The molecule has 7 nitrogen and oxygen atoms in total. The Bertz CT molecular complexity index is 912. The third-order valence-corrected chi connectivity index (χ3v) is 4.31. The molecule has 0 aliphatic carbocycles. The van der Waals surface area contributed by atoms with Crippen LogP contribution in [0, 0.1) is 20.8 Å². The maximum atomic E-state index is 11.9. The van der Waals surface area contributed by atoms with Gasteiger partial charge in [0.2, 0.25) is 11.8 Å². The van der Waals surface area contributed by atoms with Crippen LogP contribution in [-0.2, 0) is 4.79 Å². The molecule has 0 fully saturated rings. The molecule has 0 saturated carbocycles. The molecule has 0 unspecified atom stereocenters. The van der Waals surface area contributed by atoms with E-state index in [0.29, 0.717) is 17.0 Å². The van der Waals surface area contributed by atoms with Gasteiger partial charge in [0, 0.05) is 29.0 Å². The Morgan fingerprint density at radius 2 is 2.00 bits per heavy atom. The summed E-state index contributed by atoms with van der Waals surface area (Å²) in [6, 6.07) is 7.72. The van der Waals surface area contributed by atoms with Crippen molar-refractivity contribution in [2.24, 2.45) is 0 Å². The zero-order chi connectivity index (χ0) is 18.5. The summed E-state index contributed by atoms with van der Waals surface area (Å²) in [7, 11) is 0. The minimum absolute atomic E-state index is 0.154. The Morgan fingerprint density at radius 3 is 2.73 bits per heavy atom. The average molecular weight is 369 g/mol. The number of anilines is 3. The van der Waals surface area contributed by atoms with Crippen LogP contribution in [-0.4, -0.2) is 27.5 Å². The van der Waals surface area contributed by atoms with E-state index in [1.165, 1.54) is 22.5 Å². The number of benzene rings is 1. The number of carbonyl (C=O) groups excluding carboxylic acids is 1. The molecule has 2 N–H and O–H groups in total. The molecule has 2 aromatic heterocycles. The standard InChI is InChI=1S/C18H19N5O2S/c1-11-4-5-14(8-12(11)2)21-17-20-13(3)9-16(23-17)25-10-15(24)22-18-19-6-7-26-18/h4-9H,10H2,1-3H3,(H,19,22,24)(H,20,21,23). The molecule has 1 aromatic carbocycles. The number of hydrogen-bond donors (Lipinski definition) is 2. The van der Waals surface area contributed by atoms with Crippen molar-refractivity contribution in [2.45, 2.75) is 20.8 Å². The highest BCUT2D eigenvalue weighted by Gasteiger charge is 2.09. The van der Waals surface area contributed by atoms with E-state index >= 15 is 0 Å². The molecule has 3 rings (SSSR count). The molecule has 8 heteroatoms. The van der Waals surface area contributed by atoms with Crippen LogP contribution in [0.1, 0.15) is 16.8 Å². The van der Waals surface area contributed by atoms with E-state index in [0.717, 1.165) is 11.4 Å². The van der Waals surface area contributed by atoms with E-state index in [2.05, 4.69) is 32.5 Å². The van der Waals surface area contributed by atoms with Gasteiger partial charge in [-0.25, -0.2) is 9.97 Å². The van der Waals surface area contributed by atoms with E-state index in [9.17, 15) is 4.79 Å². The lowest BCUT2D eigenvalue weighted by Gasteiger charge is -2.10. The van der Waals surface area contributed by atoms with Crippen LogP contribution in [0.4, 0.5) is 16.8 Å². The molecule has 26 heavy (non-hydrogen) atoms. The van der Waals surface area contributed by atoms with Crippen molar-refractivity contribution in [1.29, 1.82) is 0 Å². The highest BCUT2D eigenvalue weighted by atomic mass is 32.1. The van der Waals surface area contributed by atoms with Crippen molar-refractivity contribution >= 4 is 34.0 Å². The van der Waals surface area contributed by atoms with Gasteiger partial charge in [-0.2, -0.15) is 4.98 Å². The molecule has 3 aromatic rings. The van der Waals surface area contributed by atoms with E-state index < -0.39 is 0 Å². The number of nitrogens with one attached hydrogen (secondary N) is 2. The number of carbonyl (C=O) groups is 1. The molecule has 0 saturated heterocycles. The normalized spacial score (nSPS) is 10.4. The predicted molar refractivity (Wildman–Crippen MR) is 102 cm³/mol. The van der Waals surface area contributed by atoms with E-state index in [1.54, 1.807) is 17.6 Å². The molecular formula is C18H19N5O2S.